The number of nitrogen functional groups attached to an aromatic ring is 1. The van der Waals surface area contributed by atoms with Gasteiger partial charge in [-0.3, -0.25) is 4.98 Å². The van der Waals surface area contributed by atoms with Gasteiger partial charge in [0, 0.05) is 23.5 Å². The number of methoxy groups -OCH3 is 1. The zero-order valence-electron chi connectivity index (χ0n) is 11.8. The Balaban J connectivity index is 2.17. The van der Waals surface area contributed by atoms with Gasteiger partial charge in [0.15, 0.2) is 11.6 Å². The van der Waals surface area contributed by atoms with Crippen LogP contribution in [-0.4, -0.2) is 17.3 Å². The molecule has 0 saturated carbocycles. The van der Waals surface area contributed by atoms with Crippen molar-refractivity contribution in [3.8, 4) is 28.2 Å². The van der Waals surface area contributed by atoms with E-state index in [2.05, 4.69) is 10.1 Å². The van der Waals surface area contributed by atoms with Crippen molar-refractivity contribution in [2.24, 2.45) is 0 Å². The Hall–Kier alpha value is -2.82. The first-order valence-electron chi connectivity index (χ1n) is 6.51. The third-order valence-electron chi connectivity index (χ3n) is 3.34. The summed E-state index contributed by atoms with van der Waals surface area (Å²) in [4.78, 5) is 4.11. The van der Waals surface area contributed by atoms with Gasteiger partial charge in [-0.1, -0.05) is 23.4 Å². The van der Waals surface area contributed by atoms with Crippen LogP contribution in [0.25, 0.3) is 22.5 Å². The van der Waals surface area contributed by atoms with Crippen molar-refractivity contribution in [2.75, 3.05) is 12.8 Å². The molecule has 0 aliphatic heterocycles. The fraction of sp³-hybridized carbons (Fsp3) is 0.125. The Morgan fingerprint density at radius 1 is 1.19 bits per heavy atom. The summed E-state index contributed by atoms with van der Waals surface area (Å²) in [6.45, 7) is 1.99. The zero-order chi connectivity index (χ0) is 14.8. The van der Waals surface area contributed by atoms with E-state index in [0.717, 1.165) is 28.0 Å². The molecule has 0 saturated heterocycles. The first kappa shape index (κ1) is 13.2. The molecular weight excluding hydrogens is 266 g/mol. The number of nitrogens with two attached hydrogens (primary N) is 1. The molecule has 21 heavy (non-hydrogen) atoms. The van der Waals surface area contributed by atoms with Gasteiger partial charge >= 0.3 is 0 Å². The highest BCUT2D eigenvalue weighted by atomic mass is 16.5. The number of hydrogen-bond acceptors (Lipinski definition) is 5. The lowest BCUT2D eigenvalue weighted by Crippen LogP contribution is -1.91. The molecule has 0 amide bonds. The third-order valence-corrected chi connectivity index (χ3v) is 3.34. The molecule has 3 aromatic rings. The first-order valence-corrected chi connectivity index (χ1v) is 6.51. The van der Waals surface area contributed by atoms with E-state index in [1.165, 1.54) is 0 Å². The molecule has 0 atom stereocenters. The van der Waals surface area contributed by atoms with Crippen LogP contribution in [0.1, 0.15) is 5.56 Å². The van der Waals surface area contributed by atoms with Crippen molar-refractivity contribution in [3.63, 3.8) is 0 Å². The maximum atomic E-state index is 5.95. The Labute approximate surface area is 122 Å². The molecule has 5 heteroatoms. The third kappa shape index (κ3) is 2.33. The molecule has 0 fully saturated rings. The van der Waals surface area contributed by atoms with Crippen LogP contribution in [0, 0.1) is 6.92 Å². The largest absolute Gasteiger partial charge is 0.496 e. The summed E-state index contributed by atoms with van der Waals surface area (Å²) in [5.41, 5.74) is 9.47. The molecule has 0 radical (unpaired) electrons. The van der Waals surface area contributed by atoms with Crippen LogP contribution >= 0.6 is 0 Å². The van der Waals surface area contributed by atoms with Crippen LogP contribution in [0.3, 0.4) is 0 Å². The smallest absolute Gasteiger partial charge is 0.177 e. The van der Waals surface area contributed by atoms with E-state index in [9.17, 15) is 0 Å². The van der Waals surface area contributed by atoms with Gasteiger partial charge in [-0.2, -0.15) is 0 Å². The summed E-state index contributed by atoms with van der Waals surface area (Å²) in [6, 6.07) is 9.61. The molecule has 106 valence electrons. The predicted molar refractivity (Wildman–Crippen MR) is 80.9 cm³/mol. The molecule has 0 spiro atoms. The fourth-order valence-electron chi connectivity index (χ4n) is 2.25. The molecule has 1 aromatic carbocycles. The maximum Gasteiger partial charge on any atom is 0.177 e. The Bertz CT molecular complexity index is 766. The highest BCUT2D eigenvalue weighted by Crippen LogP contribution is 2.37. The average Bonchev–Trinajstić information content (AvgIpc) is 2.90. The lowest BCUT2D eigenvalue weighted by molar-refractivity contribution is 0.410. The fourth-order valence-corrected chi connectivity index (χ4v) is 2.25. The molecule has 3 rings (SSSR count). The van der Waals surface area contributed by atoms with E-state index < -0.39 is 0 Å². The molecule has 5 nitrogen and oxygen atoms in total. The van der Waals surface area contributed by atoms with Gasteiger partial charge in [-0.15, -0.1) is 0 Å². The van der Waals surface area contributed by atoms with Crippen molar-refractivity contribution in [2.45, 2.75) is 6.92 Å². The normalized spacial score (nSPS) is 10.6. The van der Waals surface area contributed by atoms with Gasteiger partial charge in [-0.05, 0) is 24.6 Å². The number of hydrogen-bond donors (Lipinski definition) is 1. The molecule has 0 bridgehead atoms. The topological polar surface area (TPSA) is 74.2 Å². The van der Waals surface area contributed by atoms with Crippen molar-refractivity contribution < 1.29 is 9.26 Å². The SMILES string of the molecule is COc1cc(-c2onc(N)c2-c2cccnc2)ccc1C. The van der Waals surface area contributed by atoms with Crippen LogP contribution in [0.4, 0.5) is 5.82 Å². The van der Waals surface area contributed by atoms with E-state index in [1.807, 2.05) is 37.3 Å². The minimum absolute atomic E-state index is 0.345. The standard InChI is InChI=1S/C16H15N3O2/c1-10-5-6-11(8-13(10)20-2)15-14(16(17)19-21-15)12-4-3-7-18-9-12/h3-9H,1-2H3,(H2,17,19). The zero-order valence-corrected chi connectivity index (χ0v) is 11.8. The van der Waals surface area contributed by atoms with E-state index in [1.54, 1.807) is 19.5 Å². The van der Waals surface area contributed by atoms with Crippen LogP contribution < -0.4 is 10.5 Å². The van der Waals surface area contributed by atoms with Gasteiger partial charge in [0.25, 0.3) is 0 Å². The first-order chi connectivity index (χ1) is 10.2. The van der Waals surface area contributed by atoms with E-state index in [4.69, 9.17) is 15.0 Å². The van der Waals surface area contributed by atoms with Crippen LogP contribution in [0.5, 0.6) is 5.75 Å². The molecule has 0 aliphatic carbocycles. The Morgan fingerprint density at radius 2 is 2.05 bits per heavy atom. The quantitative estimate of drug-likeness (QED) is 0.797. The number of aromatic nitrogens is 2. The second kappa shape index (κ2) is 5.28. The highest BCUT2D eigenvalue weighted by Gasteiger charge is 2.18. The van der Waals surface area contributed by atoms with Crippen molar-refractivity contribution in [1.82, 2.24) is 10.1 Å². The second-order valence-corrected chi connectivity index (χ2v) is 4.70. The molecule has 2 N–H and O–H groups in total. The summed E-state index contributed by atoms with van der Waals surface area (Å²) in [5, 5.41) is 3.88. The van der Waals surface area contributed by atoms with Gasteiger partial charge in [0.05, 0.1) is 12.7 Å². The average molecular weight is 281 g/mol. The van der Waals surface area contributed by atoms with Crippen LogP contribution in [0.15, 0.2) is 47.2 Å². The van der Waals surface area contributed by atoms with Crippen molar-refractivity contribution in [1.29, 1.82) is 0 Å². The molecule has 0 unspecified atom stereocenters. The summed E-state index contributed by atoms with van der Waals surface area (Å²) in [6.07, 6.45) is 3.44. The minimum atomic E-state index is 0.345. The number of rotatable bonds is 3. The predicted octanol–water partition coefficient (Wildman–Crippen LogP) is 3.30. The number of anilines is 1. The Kier molecular flexibility index (Phi) is 3.31. The van der Waals surface area contributed by atoms with Gasteiger partial charge in [0.1, 0.15) is 5.75 Å². The second-order valence-electron chi connectivity index (χ2n) is 4.70. The van der Waals surface area contributed by atoms with Crippen LogP contribution in [0.2, 0.25) is 0 Å². The van der Waals surface area contributed by atoms with Crippen molar-refractivity contribution in [3.05, 3.63) is 48.3 Å². The summed E-state index contributed by atoms with van der Waals surface area (Å²) in [7, 11) is 1.64. The lowest BCUT2D eigenvalue weighted by atomic mass is 10.0. The number of pyridine rings is 1. The van der Waals surface area contributed by atoms with Crippen molar-refractivity contribution >= 4 is 5.82 Å². The summed E-state index contributed by atoms with van der Waals surface area (Å²) in [5.74, 6) is 1.75. The van der Waals surface area contributed by atoms with Gasteiger partial charge in [0.2, 0.25) is 0 Å². The number of aryl methyl sites for hydroxylation is 1. The van der Waals surface area contributed by atoms with E-state index in [-0.39, 0.29) is 0 Å². The number of ether oxygens (including phenoxy) is 1. The molecule has 0 aliphatic rings. The molecular formula is C16H15N3O2. The molecule has 2 heterocycles. The number of nitrogens with zero attached hydrogens (tertiary/aromatic N) is 2. The van der Waals surface area contributed by atoms with Crippen LogP contribution in [-0.2, 0) is 0 Å². The van der Waals surface area contributed by atoms with Gasteiger partial charge in [-0.25, -0.2) is 0 Å². The maximum absolute atomic E-state index is 5.95. The number of benzene rings is 1. The minimum Gasteiger partial charge on any atom is -0.496 e. The molecule has 2 aromatic heterocycles. The van der Waals surface area contributed by atoms with Gasteiger partial charge < -0.3 is 15.0 Å². The monoisotopic (exact) mass is 281 g/mol. The summed E-state index contributed by atoms with van der Waals surface area (Å²) < 4.78 is 10.8. The Morgan fingerprint density at radius 3 is 2.76 bits per heavy atom. The van der Waals surface area contributed by atoms with E-state index in [0.29, 0.717) is 11.6 Å². The van der Waals surface area contributed by atoms with E-state index >= 15 is 0 Å². The highest BCUT2D eigenvalue weighted by molar-refractivity contribution is 5.86. The lowest BCUT2D eigenvalue weighted by Gasteiger charge is -2.07. The summed E-state index contributed by atoms with van der Waals surface area (Å²) >= 11 is 0.